The lowest BCUT2D eigenvalue weighted by molar-refractivity contribution is 0.0548. The average Bonchev–Trinajstić information content (AvgIpc) is 2.73. The van der Waals surface area contributed by atoms with Crippen molar-refractivity contribution in [1.82, 2.24) is 9.80 Å². The van der Waals surface area contributed by atoms with Gasteiger partial charge >= 0.3 is 6.03 Å². The Morgan fingerprint density at radius 3 is 2.35 bits per heavy atom. The molecule has 2 amide bonds. The first-order chi connectivity index (χ1) is 12.8. The number of urea groups is 1. The van der Waals surface area contributed by atoms with Crippen molar-refractivity contribution in [2.24, 2.45) is 0 Å². The Bertz CT molecular complexity index is 612. The molecule has 6 nitrogen and oxygen atoms in total. The number of amides is 2. The first-order valence-corrected chi connectivity index (χ1v) is 10.0. The Morgan fingerprint density at radius 1 is 0.846 bits per heavy atom. The van der Waals surface area contributed by atoms with Crippen molar-refractivity contribution in [1.29, 1.82) is 0 Å². The largest absolute Gasteiger partial charge is 0.378 e. The number of likely N-dealkylation sites (tertiary alicyclic amines) is 1. The van der Waals surface area contributed by atoms with Crippen LogP contribution < -0.4 is 9.80 Å². The quantitative estimate of drug-likeness (QED) is 0.831. The first kappa shape index (κ1) is 17.6. The van der Waals surface area contributed by atoms with Crippen molar-refractivity contribution < 1.29 is 9.53 Å². The van der Waals surface area contributed by atoms with Gasteiger partial charge in [0, 0.05) is 39.3 Å². The first-order valence-electron chi connectivity index (χ1n) is 10.0. The maximum Gasteiger partial charge on any atom is 0.324 e. The van der Waals surface area contributed by atoms with Gasteiger partial charge in [0.1, 0.15) is 0 Å². The van der Waals surface area contributed by atoms with E-state index >= 15 is 0 Å². The molecular formula is C20H30N4O2. The fourth-order valence-electron chi connectivity index (χ4n) is 4.22. The molecule has 0 spiro atoms. The third-order valence-electron chi connectivity index (χ3n) is 5.75. The molecule has 6 heteroatoms. The summed E-state index contributed by atoms with van der Waals surface area (Å²) < 4.78 is 5.39. The van der Waals surface area contributed by atoms with Gasteiger partial charge in [0.05, 0.1) is 24.6 Å². The molecule has 0 unspecified atom stereocenters. The number of para-hydroxylation sites is 2. The summed E-state index contributed by atoms with van der Waals surface area (Å²) in [4.78, 5) is 21.9. The van der Waals surface area contributed by atoms with Gasteiger partial charge in [-0.15, -0.1) is 0 Å². The topological polar surface area (TPSA) is 39.3 Å². The van der Waals surface area contributed by atoms with Crippen LogP contribution in [0.3, 0.4) is 0 Å². The molecule has 0 bridgehead atoms. The Kier molecular flexibility index (Phi) is 5.60. The molecule has 26 heavy (non-hydrogen) atoms. The van der Waals surface area contributed by atoms with E-state index in [1.807, 2.05) is 15.9 Å². The minimum absolute atomic E-state index is 0.122. The van der Waals surface area contributed by atoms with Gasteiger partial charge in [0.15, 0.2) is 0 Å². The maximum atomic E-state index is 13.0. The second-order valence-corrected chi connectivity index (χ2v) is 7.41. The lowest BCUT2D eigenvalue weighted by Gasteiger charge is -2.41. The summed E-state index contributed by atoms with van der Waals surface area (Å²) in [5, 5.41) is 0. The van der Waals surface area contributed by atoms with Crippen LogP contribution in [0.15, 0.2) is 24.3 Å². The van der Waals surface area contributed by atoms with Gasteiger partial charge in [-0.3, -0.25) is 4.90 Å². The summed E-state index contributed by atoms with van der Waals surface area (Å²) in [6, 6.07) is 8.48. The number of benzene rings is 1. The van der Waals surface area contributed by atoms with Gasteiger partial charge in [0.2, 0.25) is 0 Å². The van der Waals surface area contributed by atoms with E-state index < -0.39 is 0 Å². The zero-order chi connectivity index (χ0) is 17.8. The minimum Gasteiger partial charge on any atom is -0.378 e. The molecule has 0 saturated carbocycles. The molecule has 1 aromatic carbocycles. The lowest BCUT2D eigenvalue weighted by atomic mass is 10.1. The molecule has 3 aliphatic rings. The zero-order valence-electron chi connectivity index (χ0n) is 15.6. The van der Waals surface area contributed by atoms with Crippen LogP contribution in [0.4, 0.5) is 16.2 Å². The summed E-state index contributed by atoms with van der Waals surface area (Å²) in [6.07, 6.45) is 4.04. The van der Waals surface area contributed by atoms with Gasteiger partial charge in [0.25, 0.3) is 0 Å². The Balaban J connectivity index is 1.44. The lowest BCUT2D eigenvalue weighted by Crippen LogP contribution is -2.53. The van der Waals surface area contributed by atoms with Crippen LogP contribution in [0.25, 0.3) is 0 Å². The molecule has 0 atom stereocenters. The molecule has 2 fully saturated rings. The van der Waals surface area contributed by atoms with Crippen LogP contribution in [-0.2, 0) is 4.74 Å². The third-order valence-corrected chi connectivity index (χ3v) is 5.75. The van der Waals surface area contributed by atoms with Crippen molar-refractivity contribution in [2.75, 3.05) is 75.4 Å². The highest BCUT2D eigenvalue weighted by Crippen LogP contribution is 2.33. The SMILES string of the molecule is O=C(N1CCOCC1)N1CCN(CCN2CCCCC2)c2ccccc21. The van der Waals surface area contributed by atoms with Crippen LogP contribution in [0.5, 0.6) is 0 Å². The zero-order valence-corrected chi connectivity index (χ0v) is 15.6. The molecule has 2 saturated heterocycles. The highest BCUT2D eigenvalue weighted by Gasteiger charge is 2.30. The summed E-state index contributed by atoms with van der Waals surface area (Å²) in [7, 11) is 0. The predicted molar refractivity (Wildman–Crippen MR) is 104 cm³/mol. The molecule has 142 valence electrons. The fourth-order valence-corrected chi connectivity index (χ4v) is 4.22. The van der Waals surface area contributed by atoms with E-state index in [9.17, 15) is 4.79 Å². The van der Waals surface area contributed by atoms with Crippen LogP contribution in [-0.4, -0.2) is 81.4 Å². The van der Waals surface area contributed by atoms with Gasteiger partial charge in [-0.1, -0.05) is 18.6 Å². The van der Waals surface area contributed by atoms with E-state index in [-0.39, 0.29) is 6.03 Å². The predicted octanol–water partition coefficient (Wildman–Crippen LogP) is 2.25. The average molecular weight is 358 g/mol. The monoisotopic (exact) mass is 358 g/mol. The van der Waals surface area contributed by atoms with E-state index in [2.05, 4.69) is 28.0 Å². The Labute approximate surface area is 156 Å². The highest BCUT2D eigenvalue weighted by molar-refractivity contribution is 5.96. The standard InChI is InChI=1S/C20H30N4O2/c25-20(23-14-16-26-17-15-23)24-13-12-22(18-6-2-3-7-19(18)24)11-10-21-8-4-1-5-9-21/h2-3,6-7H,1,4-5,8-17H2. The number of nitrogens with zero attached hydrogens (tertiary/aromatic N) is 4. The molecule has 0 aromatic heterocycles. The smallest absolute Gasteiger partial charge is 0.324 e. The van der Waals surface area contributed by atoms with Crippen molar-refractivity contribution >= 4 is 17.4 Å². The van der Waals surface area contributed by atoms with E-state index in [0.29, 0.717) is 26.3 Å². The number of ether oxygens (including phenoxy) is 1. The van der Waals surface area contributed by atoms with Crippen LogP contribution in [0.2, 0.25) is 0 Å². The number of morpholine rings is 1. The Morgan fingerprint density at radius 2 is 1.58 bits per heavy atom. The van der Waals surface area contributed by atoms with Gasteiger partial charge in [-0.05, 0) is 38.1 Å². The molecule has 3 aliphatic heterocycles. The van der Waals surface area contributed by atoms with E-state index in [1.165, 1.54) is 38.0 Å². The van der Waals surface area contributed by atoms with E-state index in [1.54, 1.807) is 0 Å². The molecular weight excluding hydrogens is 328 g/mol. The van der Waals surface area contributed by atoms with Crippen molar-refractivity contribution in [2.45, 2.75) is 19.3 Å². The normalized spacial score (nSPS) is 21.6. The summed E-state index contributed by atoms with van der Waals surface area (Å²) in [5.74, 6) is 0. The number of hydrogen-bond acceptors (Lipinski definition) is 4. The van der Waals surface area contributed by atoms with Crippen LogP contribution in [0.1, 0.15) is 19.3 Å². The van der Waals surface area contributed by atoms with Crippen LogP contribution >= 0.6 is 0 Å². The maximum absolute atomic E-state index is 13.0. The highest BCUT2D eigenvalue weighted by atomic mass is 16.5. The van der Waals surface area contributed by atoms with E-state index in [4.69, 9.17) is 4.74 Å². The molecule has 1 aromatic rings. The fraction of sp³-hybridized carbons (Fsp3) is 0.650. The number of rotatable bonds is 3. The van der Waals surface area contributed by atoms with Crippen molar-refractivity contribution in [3.63, 3.8) is 0 Å². The molecule has 0 aliphatic carbocycles. The third kappa shape index (κ3) is 3.81. The van der Waals surface area contributed by atoms with E-state index in [0.717, 1.165) is 31.9 Å². The van der Waals surface area contributed by atoms with Gasteiger partial charge < -0.3 is 19.4 Å². The molecule has 4 rings (SSSR count). The van der Waals surface area contributed by atoms with Crippen molar-refractivity contribution in [3.8, 4) is 0 Å². The second kappa shape index (κ2) is 8.27. The molecule has 0 radical (unpaired) electrons. The number of carbonyl (C=O) groups is 1. The number of carbonyl (C=O) groups excluding carboxylic acids is 1. The van der Waals surface area contributed by atoms with Crippen molar-refractivity contribution in [3.05, 3.63) is 24.3 Å². The number of hydrogen-bond donors (Lipinski definition) is 0. The van der Waals surface area contributed by atoms with Gasteiger partial charge in [-0.2, -0.15) is 0 Å². The summed E-state index contributed by atoms with van der Waals surface area (Å²) in [6.45, 7) is 8.95. The van der Waals surface area contributed by atoms with Crippen LogP contribution in [0, 0.1) is 0 Å². The Hall–Kier alpha value is -1.79. The van der Waals surface area contributed by atoms with Gasteiger partial charge in [-0.25, -0.2) is 4.79 Å². The molecule has 3 heterocycles. The second-order valence-electron chi connectivity index (χ2n) is 7.41. The summed E-state index contributed by atoms with van der Waals surface area (Å²) >= 11 is 0. The number of piperidine rings is 1. The number of fused-ring (bicyclic) bond motifs is 1. The number of anilines is 2. The summed E-state index contributed by atoms with van der Waals surface area (Å²) in [5.41, 5.74) is 2.24. The molecule has 0 N–H and O–H groups in total. The minimum atomic E-state index is 0.122.